The first-order valence-corrected chi connectivity index (χ1v) is 24.5. The SMILES string of the molecule is C/C=C(\NC(=O)c1cccc(CNC(=O)OC(C)(C)C)c1)C(=O)N[C@H](C(=O)O[C@H](/C=C/CCSC(=O)CCCCCCC)CC(=O)OCC[Si](C)(C)C)C(C)C. The number of rotatable bonds is 24. The van der Waals surface area contributed by atoms with Gasteiger partial charge in [0.2, 0.25) is 0 Å². The van der Waals surface area contributed by atoms with Crippen LogP contribution in [0.3, 0.4) is 0 Å². The Balaban J connectivity index is 2.95. The van der Waals surface area contributed by atoms with Gasteiger partial charge in [-0.05, 0) is 76.3 Å². The Morgan fingerprint density at radius 3 is 2.30 bits per heavy atom. The molecule has 314 valence electrons. The van der Waals surface area contributed by atoms with Crippen LogP contribution in [0.4, 0.5) is 4.79 Å². The highest BCUT2D eigenvalue weighted by Crippen LogP contribution is 2.16. The van der Waals surface area contributed by atoms with Crippen molar-refractivity contribution in [3.8, 4) is 0 Å². The molecule has 0 fully saturated rings. The van der Waals surface area contributed by atoms with Crippen molar-refractivity contribution in [1.82, 2.24) is 16.0 Å². The third-order valence-corrected chi connectivity index (χ3v) is 10.8. The molecule has 1 aromatic carbocycles. The molecule has 1 aromatic rings. The molecule has 0 spiro atoms. The summed E-state index contributed by atoms with van der Waals surface area (Å²) in [7, 11) is -1.44. The molecule has 14 heteroatoms. The first-order chi connectivity index (χ1) is 26.2. The van der Waals surface area contributed by atoms with Gasteiger partial charge in [-0.1, -0.05) is 102 Å². The fourth-order valence-corrected chi connectivity index (χ4v) is 6.47. The Morgan fingerprint density at radius 1 is 0.982 bits per heavy atom. The predicted octanol–water partition coefficient (Wildman–Crippen LogP) is 8.24. The first-order valence-electron chi connectivity index (χ1n) is 19.8. The van der Waals surface area contributed by atoms with E-state index in [9.17, 15) is 28.8 Å². The number of amides is 3. The van der Waals surface area contributed by atoms with Crippen LogP contribution in [0.25, 0.3) is 0 Å². The minimum atomic E-state index is -1.44. The van der Waals surface area contributed by atoms with Gasteiger partial charge in [0.1, 0.15) is 23.4 Å². The van der Waals surface area contributed by atoms with E-state index in [0.717, 1.165) is 31.7 Å². The van der Waals surface area contributed by atoms with E-state index in [1.165, 1.54) is 24.3 Å². The third kappa shape index (κ3) is 23.2. The summed E-state index contributed by atoms with van der Waals surface area (Å²) in [5.74, 6) is -2.39. The highest BCUT2D eigenvalue weighted by Gasteiger charge is 2.30. The average molecular weight is 818 g/mol. The molecule has 0 aliphatic heterocycles. The number of carbonyl (C=O) groups excluding carboxylic acids is 6. The normalized spacial score (nSPS) is 13.2. The maximum absolute atomic E-state index is 13.6. The Labute approximate surface area is 340 Å². The Kier molecular flexibility index (Phi) is 23.3. The average Bonchev–Trinajstić information content (AvgIpc) is 3.10. The monoisotopic (exact) mass is 817 g/mol. The molecule has 0 aliphatic rings. The summed E-state index contributed by atoms with van der Waals surface area (Å²) in [6.45, 7) is 19.4. The lowest BCUT2D eigenvalue weighted by molar-refractivity contribution is -0.156. The molecule has 1 rings (SSSR count). The van der Waals surface area contributed by atoms with Crippen molar-refractivity contribution in [2.45, 2.75) is 150 Å². The summed E-state index contributed by atoms with van der Waals surface area (Å²) >= 11 is 1.27. The molecule has 0 bridgehead atoms. The largest absolute Gasteiger partial charge is 0.466 e. The van der Waals surface area contributed by atoms with Crippen molar-refractivity contribution in [1.29, 1.82) is 0 Å². The molecule has 0 aliphatic carbocycles. The number of carbonyl (C=O) groups is 6. The van der Waals surface area contributed by atoms with Crippen LogP contribution in [0.15, 0.2) is 48.2 Å². The molecule has 0 aromatic heterocycles. The number of hydrogen-bond acceptors (Lipinski definition) is 10. The summed E-state index contributed by atoms with van der Waals surface area (Å²) < 4.78 is 16.5. The zero-order chi connectivity index (χ0) is 42.3. The second-order valence-corrected chi connectivity index (χ2v) is 23.0. The van der Waals surface area contributed by atoms with Gasteiger partial charge in [-0.15, -0.1) is 0 Å². The molecule has 3 amide bonds. The third-order valence-electron chi connectivity index (χ3n) is 8.15. The minimum absolute atomic E-state index is 0.0823. The van der Waals surface area contributed by atoms with Crippen LogP contribution >= 0.6 is 11.8 Å². The molecular formula is C42H67N3O9SSi. The van der Waals surface area contributed by atoms with Gasteiger partial charge in [0.25, 0.3) is 11.8 Å². The molecule has 0 radical (unpaired) electrons. The minimum Gasteiger partial charge on any atom is -0.466 e. The second kappa shape index (κ2) is 26.1. The maximum Gasteiger partial charge on any atom is 0.407 e. The van der Waals surface area contributed by atoms with Gasteiger partial charge in [0, 0.05) is 32.4 Å². The zero-order valence-electron chi connectivity index (χ0n) is 35.3. The van der Waals surface area contributed by atoms with Crippen LogP contribution in [0.2, 0.25) is 25.7 Å². The number of unbranched alkanes of at least 4 members (excludes halogenated alkanes) is 4. The topological polar surface area (TPSA) is 166 Å². The quantitative estimate of drug-likeness (QED) is 0.0231. The Morgan fingerprint density at radius 2 is 1.68 bits per heavy atom. The summed E-state index contributed by atoms with van der Waals surface area (Å²) in [5, 5.41) is 8.08. The molecule has 0 unspecified atom stereocenters. The molecule has 2 atom stereocenters. The van der Waals surface area contributed by atoms with Crippen LogP contribution in [0.5, 0.6) is 0 Å². The van der Waals surface area contributed by atoms with Gasteiger partial charge in [-0.3, -0.25) is 19.2 Å². The van der Waals surface area contributed by atoms with Crippen molar-refractivity contribution < 1.29 is 43.0 Å². The number of allylic oxidation sites excluding steroid dienone is 2. The van der Waals surface area contributed by atoms with Gasteiger partial charge in [-0.2, -0.15) is 0 Å². The van der Waals surface area contributed by atoms with E-state index in [0.29, 0.717) is 24.2 Å². The molecule has 3 N–H and O–H groups in total. The second-order valence-electron chi connectivity index (χ2n) is 16.2. The van der Waals surface area contributed by atoms with Gasteiger partial charge >= 0.3 is 18.0 Å². The number of nitrogens with one attached hydrogen (secondary N) is 3. The zero-order valence-corrected chi connectivity index (χ0v) is 37.2. The molecule has 56 heavy (non-hydrogen) atoms. The number of hydrogen-bond donors (Lipinski definition) is 3. The van der Waals surface area contributed by atoms with Gasteiger partial charge < -0.3 is 30.2 Å². The van der Waals surface area contributed by atoms with Gasteiger partial charge in [0.05, 0.1) is 13.0 Å². The van der Waals surface area contributed by atoms with Crippen LogP contribution in [0, 0.1) is 5.92 Å². The first kappa shape index (κ1) is 50.1. The van der Waals surface area contributed by atoms with E-state index in [-0.39, 0.29) is 35.9 Å². The summed E-state index contributed by atoms with van der Waals surface area (Å²) in [4.78, 5) is 77.3. The maximum atomic E-state index is 13.6. The Hall–Kier alpha value is -3.91. The van der Waals surface area contributed by atoms with E-state index in [1.54, 1.807) is 78.0 Å². The van der Waals surface area contributed by atoms with Crippen molar-refractivity contribution in [3.05, 3.63) is 59.3 Å². The van der Waals surface area contributed by atoms with E-state index in [4.69, 9.17) is 14.2 Å². The molecule has 12 nitrogen and oxygen atoms in total. The van der Waals surface area contributed by atoms with Crippen LogP contribution in [-0.2, 0) is 39.9 Å². The smallest absolute Gasteiger partial charge is 0.407 e. The molecule has 0 saturated heterocycles. The number of alkyl carbamates (subject to hydrolysis) is 1. The van der Waals surface area contributed by atoms with Crippen molar-refractivity contribution in [2.75, 3.05) is 12.4 Å². The fraction of sp³-hybridized carbons (Fsp3) is 0.619. The summed E-state index contributed by atoms with van der Waals surface area (Å²) in [6.07, 6.45) is 9.56. The van der Waals surface area contributed by atoms with Crippen LogP contribution in [0.1, 0.15) is 116 Å². The lowest BCUT2D eigenvalue weighted by Gasteiger charge is -2.24. The van der Waals surface area contributed by atoms with Crippen LogP contribution in [-0.4, -0.2) is 73.1 Å². The van der Waals surface area contributed by atoms with E-state index in [2.05, 4.69) is 42.5 Å². The number of benzene rings is 1. The molecule has 0 heterocycles. The van der Waals surface area contributed by atoms with Crippen LogP contribution < -0.4 is 16.0 Å². The standard InChI is InChI=1S/C42H67N3O9SSi/c1-11-13-14-15-16-23-36(47)55-25-18-17-22-33(28-35(46)52-24-26-56(8,9)10)53-40(50)37(30(3)4)45-39(49)34(12-2)44-38(48)32-21-19-20-31(27-32)29-43-41(51)54-42(5,6)7/h12,17,19-22,27,30,33,37H,11,13-16,18,23-26,28-29H2,1-10H3,(H,43,51)(H,44,48)(H,45,49)/b22-17+,34-12-/t33-,37+/m1/s1. The van der Waals surface area contributed by atoms with E-state index < -0.39 is 61.6 Å². The Bertz CT molecular complexity index is 1500. The van der Waals surface area contributed by atoms with Gasteiger partial charge in [-0.25, -0.2) is 9.59 Å². The lowest BCUT2D eigenvalue weighted by atomic mass is 10.0. The number of esters is 2. The highest BCUT2D eigenvalue weighted by atomic mass is 32.2. The lowest BCUT2D eigenvalue weighted by Crippen LogP contribution is -2.48. The van der Waals surface area contributed by atoms with E-state index >= 15 is 0 Å². The van der Waals surface area contributed by atoms with Crippen molar-refractivity contribution in [3.63, 3.8) is 0 Å². The van der Waals surface area contributed by atoms with E-state index in [1.807, 2.05) is 0 Å². The molecular weight excluding hydrogens is 751 g/mol. The predicted molar refractivity (Wildman–Crippen MR) is 226 cm³/mol. The highest BCUT2D eigenvalue weighted by molar-refractivity contribution is 8.13. The fourth-order valence-electron chi connectivity index (χ4n) is 4.98. The summed E-state index contributed by atoms with van der Waals surface area (Å²) in [5.41, 5.74) is 0.148. The summed E-state index contributed by atoms with van der Waals surface area (Å²) in [6, 6.07) is 6.24. The van der Waals surface area contributed by atoms with Crippen molar-refractivity contribution in [2.24, 2.45) is 5.92 Å². The van der Waals surface area contributed by atoms with Gasteiger partial charge in [0.15, 0.2) is 5.12 Å². The number of thioether (sulfide) groups is 1. The number of ether oxygens (including phenoxy) is 3. The van der Waals surface area contributed by atoms with Crippen molar-refractivity contribution >= 4 is 54.8 Å². The molecule has 0 saturated carbocycles.